The number of hydrogen-bond acceptors (Lipinski definition) is 7. The molecular weight excluding hydrogens is 526 g/mol. The summed E-state index contributed by atoms with van der Waals surface area (Å²) in [6.07, 6.45) is 1.49. The molecule has 13 nitrogen and oxygen atoms in total. The third-order valence-electron chi connectivity index (χ3n) is 6.92. The Morgan fingerprint density at radius 2 is 1.49 bits per heavy atom. The standard InChI is InChI=1S/C28H31N9O4/c1-4-37-23(13-16(2)34-37)25(39)33-28-32-20-15-18(26(40)41)8-10-22(20)36(28)12-6-5-11-35-21-9-7-17(24(29)38)14-19(21)31-27(35)30-3/h7-10,13-15H,4-6,11-12H2,1-3H3,(H2,29,38)(H,30,31)(H,40,41)(H,32,33,39). The monoisotopic (exact) mass is 557 g/mol. The van der Waals surface area contributed by atoms with Gasteiger partial charge in [0, 0.05) is 32.2 Å². The Labute approximate surface area is 235 Å². The van der Waals surface area contributed by atoms with Gasteiger partial charge in [-0.1, -0.05) is 0 Å². The van der Waals surface area contributed by atoms with Crippen molar-refractivity contribution in [2.24, 2.45) is 5.73 Å². The number of primary amides is 1. The molecule has 3 heterocycles. The fourth-order valence-corrected chi connectivity index (χ4v) is 4.96. The van der Waals surface area contributed by atoms with Crippen LogP contribution in [0.5, 0.6) is 0 Å². The second-order valence-electron chi connectivity index (χ2n) is 9.65. The quantitative estimate of drug-likeness (QED) is 0.178. The fraction of sp³-hybridized carbons (Fsp3) is 0.286. The number of carboxylic acid groups (broad SMARTS) is 1. The lowest BCUT2D eigenvalue weighted by atomic mass is 10.2. The fourth-order valence-electron chi connectivity index (χ4n) is 4.96. The van der Waals surface area contributed by atoms with Gasteiger partial charge in [-0.05, 0) is 69.2 Å². The Kier molecular flexibility index (Phi) is 7.42. The number of rotatable bonds is 11. The summed E-state index contributed by atoms with van der Waals surface area (Å²) in [5.41, 5.74) is 9.83. The summed E-state index contributed by atoms with van der Waals surface area (Å²) in [4.78, 5) is 45.5. The number of anilines is 2. The first-order valence-electron chi connectivity index (χ1n) is 13.3. The number of fused-ring (bicyclic) bond motifs is 2. The van der Waals surface area contributed by atoms with Crippen molar-refractivity contribution in [1.29, 1.82) is 0 Å². The highest BCUT2D eigenvalue weighted by Gasteiger charge is 2.19. The maximum absolute atomic E-state index is 13.2. The van der Waals surface area contributed by atoms with Crippen LogP contribution >= 0.6 is 0 Å². The molecule has 0 aliphatic rings. The molecule has 5 N–H and O–H groups in total. The predicted octanol–water partition coefficient (Wildman–Crippen LogP) is 3.48. The summed E-state index contributed by atoms with van der Waals surface area (Å²) >= 11 is 0. The molecule has 0 aliphatic carbocycles. The van der Waals surface area contributed by atoms with Crippen LogP contribution in [0.15, 0.2) is 42.5 Å². The number of benzene rings is 2. The Morgan fingerprint density at radius 3 is 2.07 bits per heavy atom. The number of aromatic carboxylic acids is 1. The van der Waals surface area contributed by atoms with Gasteiger partial charge in [-0.25, -0.2) is 14.8 Å². The van der Waals surface area contributed by atoms with Crippen LogP contribution in [0.4, 0.5) is 11.9 Å². The maximum Gasteiger partial charge on any atom is 0.335 e. The summed E-state index contributed by atoms with van der Waals surface area (Å²) in [6.45, 7) is 5.44. The highest BCUT2D eigenvalue weighted by molar-refractivity contribution is 6.03. The maximum atomic E-state index is 13.2. The van der Waals surface area contributed by atoms with E-state index in [0.717, 1.165) is 24.1 Å². The number of amides is 2. The van der Waals surface area contributed by atoms with Crippen LogP contribution in [0, 0.1) is 6.92 Å². The SMILES string of the molecule is CCn1nc(C)cc1C(=O)Nc1nc2cc(C(=O)O)ccc2n1CCCCn1c(NC)nc2cc(C(N)=O)ccc21. The number of aryl methyl sites for hydroxylation is 4. The van der Waals surface area contributed by atoms with Crippen molar-refractivity contribution in [3.8, 4) is 0 Å². The van der Waals surface area contributed by atoms with Crippen molar-refractivity contribution in [2.45, 2.75) is 46.3 Å². The summed E-state index contributed by atoms with van der Waals surface area (Å²) in [5, 5.41) is 19.8. The molecule has 0 fully saturated rings. The number of nitrogens with one attached hydrogen (secondary N) is 2. The normalized spacial score (nSPS) is 11.3. The van der Waals surface area contributed by atoms with Gasteiger partial charge in [-0.3, -0.25) is 19.6 Å². The van der Waals surface area contributed by atoms with Gasteiger partial charge in [-0.15, -0.1) is 0 Å². The van der Waals surface area contributed by atoms with Crippen LogP contribution in [-0.2, 0) is 19.6 Å². The van der Waals surface area contributed by atoms with Gasteiger partial charge in [0.2, 0.25) is 17.8 Å². The molecule has 0 atom stereocenters. The van der Waals surface area contributed by atoms with E-state index in [0.29, 0.717) is 59.3 Å². The van der Waals surface area contributed by atoms with Crippen LogP contribution in [0.25, 0.3) is 22.1 Å². The lowest BCUT2D eigenvalue weighted by Crippen LogP contribution is -2.20. The van der Waals surface area contributed by atoms with E-state index in [1.807, 2.05) is 29.0 Å². The average molecular weight is 558 g/mol. The summed E-state index contributed by atoms with van der Waals surface area (Å²) in [7, 11) is 1.79. The van der Waals surface area contributed by atoms with E-state index in [-0.39, 0.29) is 11.5 Å². The number of carbonyl (C=O) groups is 3. The minimum absolute atomic E-state index is 0.116. The number of hydrogen-bond donors (Lipinski definition) is 4. The highest BCUT2D eigenvalue weighted by atomic mass is 16.4. The molecule has 5 rings (SSSR count). The zero-order valence-corrected chi connectivity index (χ0v) is 23.0. The van der Waals surface area contributed by atoms with Crippen LogP contribution in [0.2, 0.25) is 0 Å². The van der Waals surface area contributed by atoms with E-state index in [2.05, 4.69) is 25.7 Å². The van der Waals surface area contributed by atoms with Gasteiger partial charge in [0.1, 0.15) is 5.69 Å². The largest absolute Gasteiger partial charge is 0.478 e. The molecule has 5 aromatic rings. The van der Waals surface area contributed by atoms with Gasteiger partial charge < -0.3 is 25.3 Å². The third-order valence-corrected chi connectivity index (χ3v) is 6.92. The van der Waals surface area contributed by atoms with Crippen LogP contribution in [-0.4, -0.2) is 58.8 Å². The molecule has 2 amide bonds. The predicted molar refractivity (Wildman–Crippen MR) is 154 cm³/mol. The van der Waals surface area contributed by atoms with E-state index in [9.17, 15) is 19.5 Å². The first-order chi connectivity index (χ1) is 19.7. The topological polar surface area (TPSA) is 175 Å². The average Bonchev–Trinajstić information content (AvgIpc) is 3.62. The van der Waals surface area contributed by atoms with Crippen molar-refractivity contribution < 1.29 is 19.5 Å². The summed E-state index contributed by atoms with van der Waals surface area (Å²) in [5.74, 6) is -0.900. The lowest BCUT2D eigenvalue weighted by Gasteiger charge is -2.12. The van der Waals surface area contributed by atoms with E-state index < -0.39 is 11.9 Å². The smallest absolute Gasteiger partial charge is 0.335 e. The zero-order chi connectivity index (χ0) is 29.3. The van der Waals surface area contributed by atoms with E-state index in [4.69, 9.17) is 5.73 Å². The van der Waals surface area contributed by atoms with Gasteiger partial charge in [0.05, 0.1) is 33.3 Å². The number of carboxylic acids is 1. The van der Waals surface area contributed by atoms with E-state index in [1.54, 1.807) is 36.0 Å². The minimum atomic E-state index is -1.05. The molecule has 13 heteroatoms. The summed E-state index contributed by atoms with van der Waals surface area (Å²) in [6, 6.07) is 11.7. The van der Waals surface area contributed by atoms with Gasteiger partial charge in [-0.2, -0.15) is 5.10 Å². The van der Waals surface area contributed by atoms with Gasteiger partial charge in [0.25, 0.3) is 5.91 Å². The molecule has 0 saturated heterocycles. The van der Waals surface area contributed by atoms with Gasteiger partial charge in [0.15, 0.2) is 0 Å². The second-order valence-corrected chi connectivity index (χ2v) is 9.65. The molecule has 41 heavy (non-hydrogen) atoms. The molecule has 0 spiro atoms. The highest BCUT2D eigenvalue weighted by Crippen LogP contribution is 2.25. The second kappa shape index (κ2) is 11.1. The summed E-state index contributed by atoms with van der Waals surface area (Å²) < 4.78 is 5.56. The Balaban J connectivity index is 1.39. The number of carbonyl (C=O) groups excluding carboxylic acids is 2. The van der Waals surface area contributed by atoms with Crippen LogP contribution in [0.1, 0.15) is 56.7 Å². The number of nitrogens with zero attached hydrogens (tertiary/aromatic N) is 6. The molecule has 0 unspecified atom stereocenters. The minimum Gasteiger partial charge on any atom is -0.478 e. The molecule has 0 saturated carbocycles. The lowest BCUT2D eigenvalue weighted by molar-refractivity contribution is 0.0696. The number of nitrogens with two attached hydrogens (primary N) is 1. The van der Waals surface area contributed by atoms with Crippen molar-refractivity contribution in [2.75, 3.05) is 17.7 Å². The molecule has 212 valence electrons. The van der Waals surface area contributed by atoms with Gasteiger partial charge >= 0.3 is 5.97 Å². The molecular formula is C28H31N9O4. The van der Waals surface area contributed by atoms with Crippen molar-refractivity contribution in [3.63, 3.8) is 0 Å². The Bertz CT molecular complexity index is 1800. The van der Waals surface area contributed by atoms with Crippen molar-refractivity contribution in [3.05, 3.63) is 65.0 Å². The van der Waals surface area contributed by atoms with Crippen LogP contribution < -0.4 is 16.4 Å². The third kappa shape index (κ3) is 5.33. The number of unbranched alkanes of at least 4 members (excludes halogenated alkanes) is 1. The van der Waals surface area contributed by atoms with Crippen LogP contribution in [0.3, 0.4) is 0 Å². The Hall–Kier alpha value is -5.20. The molecule has 2 aromatic carbocycles. The molecule has 0 aliphatic heterocycles. The van der Waals surface area contributed by atoms with Crippen molar-refractivity contribution in [1.82, 2.24) is 28.9 Å². The molecule has 3 aromatic heterocycles. The van der Waals surface area contributed by atoms with Crippen molar-refractivity contribution >= 4 is 51.7 Å². The zero-order valence-electron chi connectivity index (χ0n) is 23.0. The number of aromatic nitrogens is 6. The Morgan fingerprint density at radius 1 is 0.902 bits per heavy atom. The molecule has 0 bridgehead atoms. The first-order valence-corrected chi connectivity index (χ1v) is 13.3. The first kappa shape index (κ1) is 27.4. The van der Waals surface area contributed by atoms with E-state index >= 15 is 0 Å². The number of imidazole rings is 2. The molecule has 0 radical (unpaired) electrons. The van der Waals surface area contributed by atoms with E-state index in [1.165, 1.54) is 12.1 Å².